The molecule has 1 aromatic carbocycles. The van der Waals surface area contributed by atoms with Gasteiger partial charge in [-0.15, -0.1) is 0 Å². The van der Waals surface area contributed by atoms with Gasteiger partial charge in [0.05, 0.1) is 6.61 Å². The van der Waals surface area contributed by atoms with E-state index in [0.717, 1.165) is 5.56 Å². The molecule has 0 aliphatic heterocycles. The summed E-state index contributed by atoms with van der Waals surface area (Å²) in [6.07, 6.45) is 0. The highest BCUT2D eigenvalue weighted by Crippen LogP contribution is 2.23. The van der Waals surface area contributed by atoms with E-state index in [0.29, 0.717) is 12.5 Å². The number of benzene rings is 1. The lowest BCUT2D eigenvalue weighted by Gasteiger charge is -2.09. The number of aromatic hydroxyl groups is 1. The third-order valence-corrected chi connectivity index (χ3v) is 2.18. The highest BCUT2D eigenvalue weighted by Gasteiger charge is 2.13. The van der Waals surface area contributed by atoms with Gasteiger partial charge in [-0.1, -0.05) is 19.9 Å². The lowest BCUT2D eigenvalue weighted by Crippen LogP contribution is -2.05. The Labute approximate surface area is 89.7 Å². The minimum atomic E-state index is -0.475. The van der Waals surface area contributed by atoms with Crippen LogP contribution in [-0.2, 0) is 4.74 Å². The van der Waals surface area contributed by atoms with Gasteiger partial charge in [0.2, 0.25) is 0 Å². The van der Waals surface area contributed by atoms with Crippen LogP contribution >= 0.6 is 0 Å². The average Bonchev–Trinajstić information content (AvgIpc) is 2.18. The van der Waals surface area contributed by atoms with E-state index in [1.54, 1.807) is 13.0 Å². The van der Waals surface area contributed by atoms with Gasteiger partial charge < -0.3 is 9.84 Å². The van der Waals surface area contributed by atoms with E-state index in [1.165, 1.54) is 6.07 Å². The van der Waals surface area contributed by atoms with Crippen molar-refractivity contribution < 1.29 is 14.6 Å². The zero-order valence-electron chi connectivity index (χ0n) is 9.28. The molecule has 0 heterocycles. The second kappa shape index (κ2) is 4.82. The molecule has 3 heteroatoms. The van der Waals surface area contributed by atoms with Crippen molar-refractivity contribution in [2.75, 3.05) is 6.61 Å². The highest BCUT2D eigenvalue weighted by atomic mass is 16.5. The maximum absolute atomic E-state index is 11.5. The Morgan fingerprint density at radius 3 is 2.67 bits per heavy atom. The van der Waals surface area contributed by atoms with Crippen molar-refractivity contribution in [1.29, 1.82) is 0 Å². The fourth-order valence-corrected chi connectivity index (χ4v) is 1.29. The van der Waals surface area contributed by atoms with Gasteiger partial charge in [0, 0.05) is 0 Å². The third-order valence-electron chi connectivity index (χ3n) is 2.18. The molecule has 1 rings (SSSR count). The highest BCUT2D eigenvalue weighted by molar-refractivity contribution is 5.92. The lowest BCUT2D eigenvalue weighted by atomic mass is 10.0. The van der Waals surface area contributed by atoms with Gasteiger partial charge in [-0.3, -0.25) is 0 Å². The van der Waals surface area contributed by atoms with E-state index in [9.17, 15) is 9.90 Å². The maximum atomic E-state index is 11.5. The van der Waals surface area contributed by atoms with Crippen molar-refractivity contribution in [1.82, 2.24) is 0 Å². The quantitative estimate of drug-likeness (QED) is 0.777. The Morgan fingerprint density at radius 1 is 1.47 bits per heavy atom. The van der Waals surface area contributed by atoms with Gasteiger partial charge in [0.1, 0.15) is 11.3 Å². The van der Waals surface area contributed by atoms with Crippen LogP contribution in [0.5, 0.6) is 5.75 Å². The first-order valence-corrected chi connectivity index (χ1v) is 5.06. The largest absolute Gasteiger partial charge is 0.507 e. The Hall–Kier alpha value is -1.51. The van der Waals surface area contributed by atoms with E-state index in [4.69, 9.17) is 4.74 Å². The molecule has 0 amide bonds. The Kier molecular flexibility index (Phi) is 3.72. The smallest absolute Gasteiger partial charge is 0.341 e. The summed E-state index contributed by atoms with van der Waals surface area (Å²) in [7, 11) is 0. The number of carbonyl (C=O) groups is 1. The van der Waals surface area contributed by atoms with Crippen LogP contribution in [0.1, 0.15) is 42.6 Å². The van der Waals surface area contributed by atoms with E-state index in [1.807, 2.05) is 19.9 Å². The van der Waals surface area contributed by atoms with Crippen LogP contribution < -0.4 is 0 Å². The van der Waals surface area contributed by atoms with Crippen LogP contribution in [0.25, 0.3) is 0 Å². The number of rotatable bonds is 3. The molecule has 0 aromatic heterocycles. The molecule has 0 fully saturated rings. The van der Waals surface area contributed by atoms with Crippen molar-refractivity contribution in [2.45, 2.75) is 26.7 Å². The van der Waals surface area contributed by atoms with E-state index >= 15 is 0 Å². The number of hydrogen-bond donors (Lipinski definition) is 1. The topological polar surface area (TPSA) is 46.5 Å². The van der Waals surface area contributed by atoms with Crippen LogP contribution in [0.3, 0.4) is 0 Å². The van der Waals surface area contributed by atoms with Gasteiger partial charge in [0.15, 0.2) is 0 Å². The molecule has 3 nitrogen and oxygen atoms in total. The van der Waals surface area contributed by atoms with Crippen LogP contribution in [0.4, 0.5) is 0 Å². The first-order chi connectivity index (χ1) is 7.06. The first kappa shape index (κ1) is 11.6. The van der Waals surface area contributed by atoms with Crippen molar-refractivity contribution in [3.05, 3.63) is 29.3 Å². The second-order valence-electron chi connectivity index (χ2n) is 3.65. The molecule has 15 heavy (non-hydrogen) atoms. The second-order valence-corrected chi connectivity index (χ2v) is 3.65. The molecule has 0 spiro atoms. The number of phenols is 1. The Bertz CT molecular complexity index is 356. The van der Waals surface area contributed by atoms with Crippen LogP contribution in [0.15, 0.2) is 18.2 Å². The molecular weight excluding hydrogens is 192 g/mol. The predicted molar refractivity (Wildman–Crippen MR) is 58.2 cm³/mol. The first-order valence-electron chi connectivity index (χ1n) is 5.06. The van der Waals surface area contributed by atoms with Crippen molar-refractivity contribution >= 4 is 5.97 Å². The minimum absolute atomic E-state index is 0.0298. The third kappa shape index (κ3) is 2.72. The SMILES string of the molecule is CCOC(=O)c1cc(C(C)C)ccc1O. The molecule has 82 valence electrons. The molecule has 0 aliphatic rings. The normalized spacial score (nSPS) is 10.4. The number of ether oxygens (including phenoxy) is 1. The van der Waals surface area contributed by atoms with Crippen molar-refractivity contribution in [2.24, 2.45) is 0 Å². The standard InChI is InChI=1S/C12H16O3/c1-4-15-12(14)10-7-9(8(2)3)5-6-11(10)13/h5-8,13H,4H2,1-3H3. The number of esters is 1. The monoisotopic (exact) mass is 208 g/mol. The summed E-state index contributed by atoms with van der Waals surface area (Å²) in [5.74, 6) is -0.186. The summed E-state index contributed by atoms with van der Waals surface area (Å²) in [6, 6.07) is 5.02. The van der Waals surface area contributed by atoms with Crippen molar-refractivity contribution in [3.63, 3.8) is 0 Å². The van der Waals surface area contributed by atoms with Crippen LogP contribution in [0.2, 0.25) is 0 Å². The molecule has 1 aromatic rings. The average molecular weight is 208 g/mol. The van der Waals surface area contributed by atoms with E-state index in [2.05, 4.69) is 0 Å². The maximum Gasteiger partial charge on any atom is 0.341 e. The number of hydrogen-bond acceptors (Lipinski definition) is 3. The molecule has 0 saturated carbocycles. The van der Waals surface area contributed by atoms with Gasteiger partial charge in [-0.2, -0.15) is 0 Å². The molecule has 0 saturated heterocycles. The molecule has 0 aliphatic carbocycles. The number of phenolic OH excluding ortho intramolecular Hbond substituents is 1. The van der Waals surface area contributed by atoms with Crippen molar-refractivity contribution in [3.8, 4) is 5.75 Å². The van der Waals surface area contributed by atoms with Crippen LogP contribution in [-0.4, -0.2) is 17.7 Å². The number of carbonyl (C=O) groups excluding carboxylic acids is 1. The molecule has 1 N–H and O–H groups in total. The zero-order valence-corrected chi connectivity index (χ0v) is 9.28. The van der Waals surface area contributed by atoms with Gasteiger partial charge in [0.25, 0.3) is 0 Å². The Morgan fingerprint density at radius 2 is 2.13 bits per heavy atom. The predicted octanol–water partition coefficient (Wildman–Crippen LogP) is 2.69. The summed E-state index contributed by atoms with van der Waals surface area (Å²) >= 11 is 0. The zero-order chi connectivity index (χ0) is 11.4. The summed E-state index contributed by atoms with van der Waals surface area (Å²) < 4.78 is 4.84. The van der Waals surface area contributed by atoms with Crippen LogP contribution in [0, 0.1) is 0 Å². The summed E-state index contributed by atoms with van der Waals surface area (Å²) in [5.41, 5.74) is 1.25. The lowest BCUT2D eigenvalue weighted by molar-refractivity contribution is 0.0523. The molecule has 0 bridgehead atoms. The van der Waals surface area contributed by atoms with Gasteiger partial charge >= 0.3 is 5.97 Å². The summed E-state index contributed by atoms with van der Waals surface area (Å²) in [6.45, 7) is 6.11. The molecule has 0 atom stereocenters. The summed E-state index contributed by atoms with van der Waals surface area (Å²) in [5, 5.41) is 9.51. The molecule has 0 unspecified atom stereocenters. The van der Waals surface area contributed by atoms with Gasteiger partial charge in [-0.05, 0) is 30.5 Å². The van der Waals surface area contributed by atoms with E-state index < -0.39 is 5.97 Å². The molecule has 0 radical (unpaired) electrons. The minimum Gasteiger partial charge on any atom is -0.507 e. The fraction of sp³-hybridized carbons (Fsp3) is 0.417. The van der Waals surface area contributed by atoms with Gasteiger partial charge in [-0.25, -0.2) is 4.79 Å². The Balaban J connectivity index is 3.05. The fourth-order valence-electron chi connectivity index (χ4n) is 1.29. The van der Waals surface area contributed by atoms with E-state index in [-0.39, 0.29) is 11.3 Å². The summed E-state index contributed by atoms with van der Waals surface area (Å²) in [4.78, 5) is 11.5. The molecular formula is C12H16O3.